The van der Waals surface area contributed by atoms with Gasteiger partial charge in [-0.15, -0.1) is 6.58 Å². The molecule has 0 aliphatic rings. The fourth-order valence-electron chi connectivity index (χ4n) is 10.2. The summed E-state index contributed by atoms with van der Waals surface area (Å²) in [6.07, 6.45) is 9.20. The zero-order valence-electron chi connectivity index (χ0n) is 39.8. The third kappa shape index (κ3) is 11.3. The molecule has 0 atom stereocenters. The molecule has 0 aromatic heterocycles. The number of benzene rings is 1. The molecule has 0 spiro atoms. The zero-order valence-corrected chi connectivity index (χ0v) is 39.8. The number of rotatable bonds is 18. The van der Waals surface area contributed by atoms with E-state index in [1.807, 2.05) is 0 Å². The summed E-state index contributed by atoms with van der Waals surface area (Å²) in [5, 5.41) is 0. The third-order valence-corrected chi connectivity index (χ3v) is 15.6. The number of allylic oxidation sites excluding steroid dienone is 1. The maximum absolute atomic E-state index is 4.08. The van der Waals surface area contributed by atoms with E-state index in [2.05, 4.69) is 204 Å². The summed E-state index contributed by atoms with van der Waals surface area (Å²) >= 11 is 0. The van der Waals surface area contributed by atoms with E-state index in [1.54, 1.807) is 0 Å². The van der Waals surface area contributed by atoms with Gasteiger partial charge in [-0.2, -0.15) is 0 Å². The molecule has 0 radical (unpaired) electrons. The van der Waals surface area contributed by atoms with Crippen molar-refractivity contribution < 1.29 is 0 Å². The van der Waals surface area contributed by atoms with Crippen LogP contribution >= 0.6 is 0 Å². The Balaban J connectivity index is 3.77. The minimum atomic E-state index is -0.0313. The molecule has 0 aliphatic carbocycles. The average molecular weight is 707 g/mol. The highest BCUT2D eigenvalue weighted by Gasteiger charge is 2.50. The Morgan fingerprint density at radius 2 is 0.725 bits per heavy atom. The molecule has 0 nitrogen and oxygen atoms in total. The van der Waals surface area contributed by atoms with Crippen LogP contribution in [0.4, 0.5) is 0 Å². The first-order chi connectivity index (χ1) is 22.1. The quantitative estimate of drug-likeness (QED) is 0.133. The Morgan fingerprint density at radius 1 is 0.431 bits per heavy atom. The van der Waals surface area contributed by atoms with Crippen molar-refractivity contribution in [2.75, 3.05) is 0 Å². The Labute approximate surface area is 323 Å². The standard InChI is InChI=1S/C51H94/c1-27-28-42(7,8)33-44(11,12)46(15,16)35-48(19,20)50(23,24)39-29-38(41(4,5)6)30-40(31-39)51(25,26)49(21,22)36-47(17,18)45(13,14)34-43(9,10)32-37(2)3/h27,29-31,37H,1,28,32-36H2,2-26H3. The minimum absolute atomic E-state index is 0.0258. The lowest BCUT2D eigenvalue weighted by Gasteiger charge is -2.54. The second kappa shape index (κ2) is 14.9. The molecule has 0 N–H and O–H groups in total. The summed E-state index contributed by atoms with van der Waals surface area (Å²) < 4.78 is 0. The maximum atomic E-state index is 4.08. The van der Waals surface area contributed by atoms with Crippen molar-refractivity contribution in [3.05, 3.63) is 47.5 Å². The summed E-state index contributed by atoms with van der Waals surface area (Å²) in [7, 11) is 0. The van der Waals surface area contributed by atoms with Gasteiger partial charge in [0.1, 0.15) is 0 Å². The van der Waals surface area contributed by atoms with Crippen LogP contribution in [0.25, 0.3) is 0 Å². The van der Waals surface area contributed by atoms with Gasteiger partial charge in [0.15, 0.2) is 0 Å². The van der Waals surface area contributed by atoms with Gasteiger partial charge in [-0.1, -0.05) is 197 Å². The van der Waals surface area contributed by atoms with Crippen LogP contribution in [0.3, 0.4) is 0 Å². The molecule has 0 fully saturated rings. The van der Waals surface area contributed by atoms with Gasteiger partial charge in [-0.05, 0) is 121 Å². The van der Waals surface area contributed by atoms with E-state index >= 15 is 0 Å². The molecule has 0 heterocycles. The fourth-order valence-corrected chi connectivity index (χ4v) is 10.2. The van der Waals surface area contributed by atoms with Crippen molar-refractivity contribution in [1.82, 2.24) is 0 Å². The summed E-state index contributed by atoms with van der Waals surface area (Å²) in [5.41, 5.74) is 5.89. The molecule has 1 aromatic rings. The van der Waals surface area contributed by atoms with E-state index in [0.717, 1.165) is 18.8 Å². The predicted molar refractivity (Wildman–Crippen MR) is 234 cm³/mol. The van der Waals surface area contributed by atoms with Crippen LogP contribution in [0.15, 0.2) is 30.9 Å². The van der Waals surface area contributed by atoms with Crippen molar-refractivity contribution in [2.24, 2.45) is 49.2 Å². The first kappa shape index (κ1) is 48.0. The third-order valence-electron chi connectivity index (χ3n) is 15.6. The van der Waals surface area contributed by atoms with E-state index in [1.165, 1.54) is 42.4 Å². The van der Waals surface area contributed by atoms with Crippen LogP contribution < -0.4 is 0 Å². The molecular weight excluding hydrogens is 613 g/mol. The van der Waals surface area contributed by atoms with Gasteiger partial charge in [0.25, 0.3) is 0 Å². The monoisotopic (exact) mass is 707 g/mol. The van der Waals surface area contributed by atoms with Gasteiger partial charge in [0, 0.05) is 0 Å². The van der Waals surface area contributed by atoms with Gasteiger partial charge in [0.05, 0.1) is 0 Å². The Kier molecular flexibility index (Phi) is 14.0. The van der Waals surface area contributed by atoms with Crippen LogP contribution in [0.5, 0.6) is 0 Å². The van der Waals surface area contributed by atoms with E-state index < -0.39 is 0 Å². The second-order valence-electron chi connectivity index (χ2n) is 25.7. The molecule has 1 aromatic carbocycles. The zero-order chi connectivity index (χ0) is 40.9. The Morgan fingerprint density at radius 3 is 1.02 bits per heavy atom. The van der Waals surface area contributed by atoms with Crippen molar-refractivity contribution >= 4 is 0 Å². The highest BCUT2D eigenvalue weighted by molar-refractivity contribution is 5.42. The van der Waals surface area contributed by atoms with Crippen LogP contribution in [-0.4, -0.2) is 0 Å². The molecule has 1 rings (SSSR count). The van der Waals surface area contributed by atoms with Gasteiger partial charge >= 0.3 is 0 Å². The molecule has 0 heteroatoms. The minimum Gasteiger partial charge on any atom is -0.103 e. The average Bonchev–Trinajstić information content (AvgIpc) is 2.83. The summed E-state index contributed by atoms with van der Waals surface area (Å²) in [5.74, 6) is 0.722. The second-order valence-corrected chi connectivity index (χ2v) is 25.7. The first-order valence-corrected chi connectivity index (χ1v) is 20.9. The van der Waals surface area contributed by atoms with Crippen LogP contribution in [0, 0.1) is 49.2 Å². The lowest BCUT2D eigenvalue weighted by Crippen LogP contribution is -2.46. The van der Waals surface area contributed by atoms with Crippen LogP contribution in [0.1, 0.15) is 228 Å². The molecule has 0 aliphatic heterocycles. The van der Waals surface area contributed by atoms with E-state index in [9.17, 15) is 0 Å². The van der Waals surface area contributed by atoms with Crippen molar-refractivity contribution in [2.45, 2.75) is 228 Å². The van der Waals surface area contributed by atoms with Crippen molar-refractivity contribution in [3.8, 4) is 0 Å². The normalized spacial score (nSPS) is 15.5. The largest absolute Gasteiger partial charge is 0.103 e. The molecule has 298 valence electrons. The molecule has 0 saturated carbocycles. The number of hydrogen-bond donors (Lipinski definition) is 0. The summed E-state index contributed by atoms with van der Waals surface area (Å²) in [4.78, 5) is 0. The molecule has 51 heavy (non-hydrogen) atoms. The first-order valence-electron chi connectivity index (χ1n) is 20.9. The van der Waals surface area contributed by atoms with Gasteiger partial charge < -0.3 is 0 Å². The molecule has 0 unspecified atom stereocenters. The van der Waals surface area contributed by atoms with E-state index in [-0.39, 0.29) is 54.1 Å². The molecule has 0 saturated heterocycles. The van der Waals surface area contributed by atoms with Crippen molar-refractivity contribution in [3.63, 3.8) is 0 Å². The lowest BCUT2D eigenvalue weighted by atomic mass is 9.51. The van der Waals surface area contributed by atoms with Gasteiger partial charge in [0.2, 0.25) is 0 Å². The van der Waals surface area contributed by atoms with Crippen LogP contribution in [-0.2, 0) is 16.2 Å². The van der Waals surface area contributed by atoms with Crippen LogP contribution in [0.2, 0.25) is 0 Å². The highest BCUT2D eigenvalue weighted by Crippen LogP contribution is 2.59. The number of hydrogen-bond acceptors (Lipinski definition) is 0. The van der Waals surface area contributed by atoms with Gasteiger partial charge in [-0.25, -0.2) is 0 Å². The lowest BCUT2D eigenvalue weighted by molar-refractivity contribution is -0.00884. The molecule has 0 amide bonds. The fraction of sp³-hybridized carbons (Fsp3) is 0.843. The topological polar surface area (TPSA) is 0 Å². The molecule has 0 bridgehead atoms. The Hall–Kier alpha value is -1.04. The SMILES string of the molecule is C=CCC(C)(C)CC(C)(C)C(C)(C)CC(C)(C)C(C)(C)c1cc(C(C)(C)C)cc(C(C)(C)C(C)(C)CC(C)(C)C(C)(C)CC(C)(C)CC(C)C)c1. The highest BCUT2D eigenvalue weighted by atomic mass is 14.6. The smallest absolute Gasteiger partial charge is 0.00520 e. The van der Waals surface area contributed by atoms with Crippen molar-refractivity contribution in [1.29, 1.82) is 0 Å². The van der Waals surface area contributed by atoms with E-state index in [4.69, 9.17) is 0 Å². The van der Waals surface area contributed by atoms with Gasteiger partial charge in [-0.3, -0.25) is 0 Å². The predicted octanol–water partition coefficient (Wildman–Crippen LogP) is 16.9. The maximum Gasteiger partial charge on any atom is -0.00520 e. The Bertz CT molecular complexity index is 1300. The summed E-state index contributed by atoms with van der Waals surface area (Å²) in [6, 6.07) is 7.78. The van der Waals surface area contributed by atoms with E-state index in [0.29, 0.717) is 5.41 Å². The summed E-state index contributed by atoms with van der Waals surface area (Å²) in [6.45, 7) is 66.5. The molecular formula is C51H94.